The summed E-state index contributed by atoms with van der Waals surface area (Å²) in [5, 5.41) is 6.56. The van der Waals surface area contributed by atoms with Crippen molar-refractivity contribution in [3.8, 4) is 5.88 Å². The van der Waals surface area contributed by atoms with Crippen LogP contribution in [0.2, 0.25) is 0 Å². The fourth-order valence-electron chi connectivity index (χ4n) is 3.51. The minimum absolute atomic E-state index is 0.0499. The number of piperidine rings is 1. The second kappa shape index (κ2) is 6.70. The first-order valence-corrected chi connectivity index (χ1v) is 8.68. The second-order valence-electron chi connectivity index (χ2n) is 6.57. The van der Waals surface area contributed by atoms with Crippen molar-refractivity contribution < 1.29 is 9.53 Å². The van der Waals surface area contributed by atoms with Gasteiger partial charge in [-0.05, 0) is 25.7 Å². The van der Waals surface area contributed by atoms with E-state index in [0.29, 0.717) is 23.5 Å². The van der Waals surface area contributed by atoms with E-state index in [-0.39, 0.29) is 5.91 Å². The highest BCUT2D eigenvalue weighted by Crippen LogP contribution is 2.36. The van der Waals surface area contributed by atoms with E-state index in [2.05, 4.69) is 25.1 Å². The molecule has 0 unspecified atom stereocenters. The first-order valence-electron chi connectivity index (χ1n) is 8.68. The van der Waals surface area contributed by atoms with Gasteiger partial charge in [-0.3, -0.25) is 9.89 Å². The molecule has 2 aromatic heterocycles. The Hall–Kier alpha value is -2.64. The standard InChI is InChI=1S/C17H22N6O2/c1-25-16-8-15(18-11-19-16)23(13-2-3-13)14-4-6-22(7-5-14)17(24)12-9-20-21-10-12/h8-11,13-14H,2-7H2,1H3,(H,20,21). The molecule has 132 valence electrons. The number of hydrogen-bond donors (Lipinski definition) is 1. The molecule has 0 bridgehead atoms. The Bertz CT molecular complexity index is 722. The molecule has 1 aliphatic carbocycles. The summed E-state index contributed by atoms with van der Waals surface area (Å²) in [7, 11) is 1.62. The van der Waals surface area contributed by atoms with Crippen LogP contribution in [0.15, 0.2) is 24.8 Å². The maximum atomic E-state index is 12.5. The van der Waals surface area contributed by atoms with Crippen LogP contribution < -0.4 is 9.64 Å². The quantitative estimate of drug-likeness (QED) is 0.886. The highest BCUT2D eigenvalue weighted by molar-refractivity contribution is 5.93. The molecule has 0 atom stereocenters. The number of aromatic amines is 1. The van der Waals surface area contributed by atoms with Crippen molar-refractivity contribution in [2.24, 2.45) is 0 Å². The van der Waals surface area contributed by atoms with E-state index in [0.717, 1.165) is 31.7 Å². The molecule has 0 spiro atoms. The molecule has 0 radical (unpaired) electrons. The number of carbonyl (C=O) groups is 1. The molecule has 0 aromatic carbocycles. The third kappa shape index (κ3) is 3.29. The highest BCUT2D eigenvalue weighted by Gasteiger charge is 2.37. The second-order valence-corrected chi connectivity index (χ2v) is 6.57. The van der Waals surface area contributed by atoms with E-state index in [4.69, 9.17) is 4.74 Å². The third-order valence-electron chi connectivity index (χ3n) is 4.93. The van der Waals surface area contributed by atoms with E-state index >= 15 is 0 Å². The molecule has 8 heteroatoms. The molecule has 1 saturated carbocycles. The van der Waals surface area contributed by atoms with Crippen LogP contribution in [0.4, 0.5) is 5.82 Å². The first kappa shape index (κ1) is 15.9. The monoisotopic (exact) mass is 342 g/mol. The Morgan fingerprint density at radius 2 is 2.00 bits per heavy atom. The van der Waals surface area contributed by atoms with Crippen LogP contribution >= 0.6 is 0 Å². The van der Waals surface area contributed by atoms with Gasteiger partial charge >= 0.3 is 0 Å². The average Bonchev–Trinajstić information content (AvgIpc) is 3.33. The normalized spacial score (nSPS) is 18.2. The van der Waals surface area contributed by atoms with E-state index in [1.807, 2.05) is 11.0 Å². The van der Waals surface area contributed by atoms with Crippen molar-refractivity contribution in [1.29, 1.82) is 0 Å². The Kier molecular flexibility index (Phi) is 4.25. The van der Waals surface area contributed by atoms with E-state index < -0.39 is 0 Å². The number of likely N-dealkylation sites (tertiary alicyclic amines) is 1. The number of rotatable bonds is 5. The number of carbonyl (C=O) groups excluding carboxylic acids is 1. The Balaban J connectivity index is 1.45. The number of aromatic nitrogens is 4. The molecule has 1 amide bonds. The number of anilines is 1. The van der Waals surface area contributed by atoms with Crippen LogP contribution in [0.1, 0.15) is 36.0 Å². The summed E-state index contributed by atoms with van der Waals surface area (Å²) in [6.45, 7) is 1.50. The lowest BCUT2D eigenvalue weighted by atomic mass is 10.0. The largest absolute Gasteiger partial charge is 0.481 e. The van der Waals surface area contributed by atoms with Crippen molar-refractivity contribution in [2.75, 3.05) is 25.1 Å². The molecule has 1 saturated heterocycles. The summed E-state index contributed by atoms with van der Waals surface area (Å²) >= 11 is 0. The van der Waals surface area contributed by atoms with Gasteiger partial charge in [-0.25, -0.2) is 9.97 Å². The number of nitrogens with zero attached hydrogens (tertiary/aromatic N) is 5. The molecule has 4 rings (SSSR count). The molecule has 8 nitrogen and oxygen atoms in total. The zero-order valence-electron chi connectivity index (χ0n) is 14.3. The molecule has 2 aromatic rings. The minimum Gasteiger partial charge on any atom is -0.481 e. The Morgan fingerprint density at radius 3 is 2.64 bits per heavy atom. The number of H-pyrrole nitrogens is 1. The first-order chi connectivity index (χ1) is 12.3. The number of ether oxygens (including phenoxy) is 1. The number of hydrogen-bond acceptors (Lipinski definition) is 6. The van der Waals surface area contributed by atoms with Crippen LogP contribution in [-0.2, 0) is 0 Å². The zero-order chi connectivity index (χ0) is 17.2. The van der Waals surface area contributed by atoms with Gasteiger partial charge in [0.1, 0.15) is 12.1 Å². The smallest absolute Gasteiger partial charge is 0.257 e. The van der Waals surface area contributed by atoms with Crippen LogP contribution in [0.5, 0.6) is 5.88 Å². The van der Waals surface area contributed by atoms with Gasteiger partial charge in [0.15, 0.2) is 0 Å². The van der Waals surface area contributed by atoms with Gasteiger partial charge in [-0.15, -0.1) is 0 Å². The zero-order valence-corrected chi connectivity index (χ0v) is 14.3. The van der Waals surface area contributed by atoms with Crippen molar-refractivity contribution in [3.05, 3.63) is 30.4 Å². The summed E-state index contributed by atoms with van der Waals surface area (Å²) in [6, 6.07) is 2.84. The summed E-state index contributed by atoms with van der Waals surface area (Å²) in [5.74, 6) is 1.56. The molecule has 25 heavy (non-hydrogen) atoms. The van der Waals surface area contributed by atoms with Gasteiger partial charge in [-0.2, -0.15) is 5.10 Å². The predicted octanol–water partition coefficient (Wildman–Crippen LogP) is 1.48. The Morgan fingerprint density at radius 1 is 1.24 bits per heavy atom. The number of methoxy groups -OCH3 is 1. The van der Waals surface area contributed by atoms with Crippen LogP contribution in [0.25, 0.3) is 0 Å². The molecular formula is C17H22N6O2. The topological polar surface area (TPSA) is 87.2 Å². The molecule has 2 fully saturated rings. The van der Waals surface area contributed by atoms with Crippen LogP contribution in [0, 0.1) is 0 Å². The van der Waals surface area contributed by atoms with Gasteiger partial charge < -0.3 is 14.5 Å². The van der Waals surface area contributed by atoms with Crippen molar-refractivity contribution >= 4 is 11.7 Å². The summed E-state index contributed by atoms with van der Waals surface area (Å²) in [4.78, 5) is 25.3. The summed E-state index contributed by atoms with van der Waals surface area (Å²) in [5.41, 5.74) is 0.623. The van der Waals surface area contributed by atoms with Crippen molar-refractivity contribution in [1.82, 2.24) is 25.1 Å². The van der Waals surface area contributed by atoms with Gasteiger partial charge in [0.2, 0.25) is 5.88 Å². The number of amides is 1. The SMILES string of the molecule is COc1cc(N(C2CC2)C2CCN(C(=O)c3cn[nH]c3)CC2)ncn1. The molecule has 2 aliphatic rings. The van der Waals surface area contributed by atoms with E-state index in [1.165, 1.54) is 12.8 Å². The molecule has 1 aliphatic heterocycles. The lowest BCUT2D eigenvalue weighted by Crippen LogP contribution is -2.48. The highest BCUT2D eigenvalue weighted by atomic mass is 16.5. The van der Waals surface area contributed by atoms with Gasteiger partial charge in [0.05, 0.1) is 18.9 Å². The number of nitrogens with one attached hydrogen (secondary N) is 1. The predicted molar refractivity (Wildman–Crippen MR) is 91.6 cm³/mol. The van der Waals surface area contributed by atoms with Gasteiger partial charge in [0.25, 0.3) is 5.91 Å². The fourth-order valence-corrected chi connectivity index (χ4v) is 3.51. The van der Waals surface area contributed by atoms with Crippen LogP contribution in [0.3, 0.4) is 0 Å². The maximum Gasteiger partial charge on any atom is 0.257 e. The van der Waals surface area contributed by atoms with E-state index in [9.17, 15) is 4.79 Å². The van der Waals surface area contributed by atoms with Crippen molar-refractivity contribution in [3.63, 3.8) is 0 Å². The fraction of sp³-hybridized carbons (Fsp3) is 0.529. The van der Waals surface area contributed by atoms with E-state index in [1.54, 1.807) is 25.8 Å². The van der Waals surface area contributed by atoms with Gasteiger partial charge in [-0.1, -0.05) is 0 Å². The molecular weight excluding hydrogens is 320 g/mol. The average molecular weight is 342 g/mol. The lowest BCUT2D eigenvalue weighted by Gasteiger charge is -2.39. The summed E-state index contributed by atoms with van der Waals surface area (Å²) in [6.07, 6.45) is 9.05. The summed E-state index contributed by atoms with van der Waals surface area (Å²) < 4.78 is 5.24. The molecule has 3 heterocycles. The van der Waals surface area contributed by atoms with Gasteiger partial charge in [0, 0.05) is 37.4 Å². The Labute approximate surface area is 146 Å². The third-order valence-corrected chi connectivity index (χ3v) is 4.93. The lowest BCUT2D eigenvalue weighted by molar-refractivity contribution is 0.0712. The molecule has 1 N–H and O–H groups in total. The minimum atomic E-state index is 0.0499. The van der Waals surface area contributed by atoms with Crippen LogP contribution in [-0.4, -0.2) is 63.3 Å². The van der Waals surface area contributed by atoms with Crippen molar-refractivity contribution in [2.45, 2.75) is 37.8 Å². The maximum absolute atomic E-state index is 12.5.